The summed E-state index contributed by atoms with van der Waals surface area (Å²) in [5.41, 5.74) is 3.64. The molecule has 0 radical (unpaired) electrons. The van der Waals surface area contributed by atoms with Crippen LogP contribution in [-0.4, -0.2) is 40.5 Å². The molecule has 1 aromatic heterocycles. The van der Waals surface area contributed by atoms with E-state index in [2.05, 4.69) is 41.6 Å². The number of aromatic nitrogens is 2. The second-order valence-corrected chi connectivity index (χ2v) is 6.69. The lowest BCUT2D eigenvalue weighted by Crippen LogP contribution is -2.32. The lowest BCUT2D eigenvalue weighted by Gasteiger charge is -2.29. The molecule has 0 bridgehead atoms. The summed E-state index contributed by atoms with van der Waals surface area (Å²) >= 11 is 5.97. The third-order valence-corrected chi connectivity index (χ3v) is 4.77. The lowest BCUT2D eigenvalue weighted by molar-refractivity contribution is 0.205. The molecule has 114 valence electrons. The number of benzene rings is 1. The van der Waals surface area contributed by atoms with E-state index in [1.54, 1.807) is 0 Å². The first kappa shape index (κ1) is 14.9. The molecule has 0 atom stereocenters. The molecule has 0 N–H and O–H groups in total. The number of halogens is 1. The van der Waals surface area contributed by atoms with Crippen LogP contribution in [0.2, 0.25) is 0 Å². The maximum absolute atomic E-state index is 5.97. The smallest absolute Gasteiger partial charge is 0.111 e. The van der Waals surface area contributed by atoms with Crippen molar-refractivity contribution in [3.8, 4) is 0 Å². The summed E-state index contributed by atoms with van der Waals surface area (Å²) in [6, 6.07) is 6.57. The van der Waals surface area contributed by atoms with E-state index in [1.807, 2.05) is 0 Å². The van der Waals surface area contributed by atoms with Crippen LogP contribution in [0, 0.1) is 12.8 Å². The van der Waals surface area contributed by atoms with Crippen LogP contribution in [0.1, 0.15) is 24.2 Å². The Hall–Kier alpha value is -1.06. The maximum atomic E-state index is 5.97. The first-order chi connectivity index (χ1) is 10.2. The molecule has 0 saturated carbocycles. The van der Waals surface area contributed by atoms with Gasteiger partial charge >= 0.3 is 0 Å². The molecule has 1 aliphatic heterocycles. The number of hydrogen-bond donors (Lipinski definition) is 0. The number of fused-ring (bicyclic) bond motifs is 1. The summed E-state index contributed by atoms with van der Waals surface area (Å²) in [5.74, 6) is 2.54. The fourth-order valence-electron chi connectivity index (χ4n) is 3.27. The SMILES string of the molecule is Cc1ccc2c(c1)nc(CCCl)n2CC1CCN(C)CC1. The zero-order valence-corrected chi connectivity index (χ0v) is 13.7. The molecule has 1 aliphatic rings. The van der Waals surface area contributed by atoms with Crippen molar-refractivity contribution in [3.05, 3.63) is 29.6 Å². The summed E-state index contributed by atoms with van der Waals surface area (Å²) in [6.45, 7) is 5.62. The standard InChI is InChI=1S/C17H24ClN3/c1-13-3-4-16-15(11-13)19-17(5-8-18)21(16)12-14-6-9-20(2)10-7-14/h3-4,11,14H,5-10,12H2,1-2H3. The fraction of sp³-hybridized carbons (Fsp3) is 0.588. The van der Waals surface area contributed by atoms with Crippen molar-refractivity contribution in [1.82, 2.24) is 14.5 Å². The quantitative estimate of drug-likeness (QED) is 0.807. The Kier molecular flexibility index (Phi) is 4.51. The van der Waals surface area contributed by atoms with Crippen molar-refractivity contribution >= 4 is 22.6 Å². The van der Waals surface area contributed by atoms with E-state index < -0.39 is 0 Å². The highest BCUT2D eigenvalue weighted by Gasteiger charge is 2.19. The van der Waals surface area contributed by atoms with Crippen molar-refractivity contribution in [3.63, 3.8) is 0 Å². The van der Waals surface area contributed by atoms with E-state index in [9.17, 15) is 0 Å². The first-order valence-electron chi connectivity index (χ1n) is 7.87. The molecule has 3 rings (SSSR count). The molecule has 2 aromatic rings. The van der Waals surface area contributed by atoms with Gasteiger partial charge in [-0.05, 0) is 63.5 Å². The number of aryl methyl sites for hydroxylation is 2. The molecule has 4 heteroatoms. The van der Waals surface area contributed by atoms with Gasteiger partial charge in [0.25, 0.3) is 0 Å². The second kappa shape index (κ2) is 6.37. The Morgan fingerprint density at radius 1 is 1.29 bits per heavy atom. The minimum absolute atomic E-state index is 0.635. The molecular formula is C17H24ClN3. The third-order valence-electron chi connectivity index (χ3n) is 4.58. The molecule has 2 heterocycles. The molecule has 1 fully saturated rings. The van der Waals surface area contributed by atoms with Gasteiger partial charge in [-0.2, -0.15) is 0 Å². The Labute approximate surface area is 131 Å². The lowest BCUT2D eigenvalue weighted by atomic mass is 9.97. The summed E-state index contributed by atoms with van der Waals surface area (Å²) < 4.78 is 2.41. The van der Waals surface area contributed by atoms with Crippen LogP contribution < -0.4 is 0 Å². The number of likely N-dealkylation sites (tertiary alicyclic amines) is 1. The minimum atomic E-state index is 0.635. The van der Waals surface area contributed by atoms with Gasteiger partial charge < -0.3 is 9.47 Å². The summed E-state index contributed by atoms with van der Waals surface area (Å²) in [5, 5.41) is 0. The fourth-order valence-corrected chi connectivity index (χ4v) is 3.44. The van der Waals surface area contributed by atoms with Crippen LogP contribution in [0.15, 0.2) is 18.2 Å². The number of nitrogens with zero attached hydrogens (tertiary/aromatic N) is 3. The minimum Gasteiger partial charge on any atom is -0.328 e. The number of rotatable bonds is 4. The Morgan fingerprint density at radius 3 is 2.76 bits per heavy atom. The molecule has 0 aliphatic carbocycles. The highest BCUT2D eigenvalue weighted by atomic mass is 35.5. The average Bonchev–Trinajstić information content (AvgIpc) is 2.79. The van der Waals surface area contributed by atoms with Crippen LogP contribution in [0.3, 0.4) is 0 Å². The monoisotopic (exact) mass is 305 g/mol. The van der Waals surface area contributed by atoms with Crippen LogP contribution in [-0.2, 0) is 13.0 Å². The van der Waals surface area contributed by atoms with Gasteiger partial charge in [-0.15, -0.1) is 11.6 Å². The van der Waals surface area contributed by atoms with Crippen LogP contribution in [0.25, 0.3) is 11.0 Å². The van der Waals surface area contributed by atoms with Crippen molar-refractivity contribution in [2.75, 3.05) is 26.0 Å². The van der Waals surface area contributed by atoms with Crippen molar-refractivity contribution in [1.29, 1.82) is 0 Å². The van der Waals surface area contributed by atoms with Crippen LogP contribution in [0.5, 0.6) is 0 Å². The van der Waals surface area contributed by atoms with Crippen LogP contribution >= 0.6 is 11.6 Å². The Bertz CT molecular complexity index is 612. The van der Waals surface area contributed by atoms with E-state index in [1.165, 1.54) is 37.0 Å². The third kappa shape index (κ3) is 3.24. The molecule has 3 nitrogen and oxygen atoms in total. The predicted molar refractivity (Wildman–Crippen MR) is 89.1 cm³/mol. The molecule has 21 heavy (non-hydrogen) atoms. The largest absolute Gasteiger partial charge is 0.328 e. The van der Waals surface area contributed by atoms with Gasteiger partial charge in [0.05, 0.1) is 11.0 Å². The first-order valence-corrected chi connectivity index (χ1v) is 8.41. The highest BCUT2D eigenvalue weighted by Crippen LogP contribution is 2.24. The van der Waals surface area contributed by atoms with Gasteiger partial charge in [-0.3, -0.25) is 0 Å². The molecule has 1 aromatic carbocycles. The van der Waals surface area contributed by atoms with Gasteiger partial charge in [-0.25, -0.2) is 4.98 Å². The molecular weight excluding hydrogens is 282 g/mol. The van der Waals surface area contributed by atoms with Crippen molar-refractivity contribution in [2.24, 2.45) is 5.92 Å². The predicted octanol–water partition coefficient (Wildman–Crippen LogP) is 3.47. The van der Waals surface area contributed by atoms with Crippen LogP contribution in [0.4, 0.5) is 0 Å². The summed E-state index contributed by atoms with van der Waals surface area (Å²) in [4.78, 5) is 7.23. The summed E-state index contributed by atoms with van der Waals surface area (Å²) in [7, 11) is 2.21. The van der Waals surface area contributed by atoms with E-state index in [0.29, 0.717) is 5.88 Å². The van der Waals surface area contributed by atoms with E-state index in [-0.39, 0.29) is 0 Å². The van der Waals surface area contributed by atoms with Gasteiger partial charge in [0, 0.05) is 18.8 Å². The summed E-state index contributed by atoms with van der Waals surface area (Å²) in [6.07, 6.45) is 3.41. The zero-order chi connectivity index (χ0) is 14.8. The number of alkyl halides is 1. The molecule has 0 spiro atoms. The van der Waals surface area contributed by atoms with Gasteiger partial charge in [0.15, 0.2) is 0 Å². The maximum Gasteiger partial charge on any atom is 0.111 e. The van der Waals surface area contributed by atoms with E-state index in [4.69, 9.17) is 16.6 Å². The second-order valence-electron chi connectivity index (χ2n) is 6.32. The topological polar surface area (TPSA) is 21.1 Å². The number of piperidine rings is 1. The average molecular weight is 306 g/mol. The Balaban J connectivity index is 1.89. The normalized spacial score (nSPS) is 17.7. The van der Waals surface area contributed by atoms with Crippen molar-refractivity contribution in [2.45, 2.75) is 32.7 Å². The number of hydrogen-bond acceptors (Lipinski definition) is 2. The van der Waals surface area contributed by atoms with Gasteiger partial charge in [-0.1, -0.05) is 6.07 Å². The van der Waals surface area contributed by atoms with Gasteiger partial charge in [0.2, 0.25) is 0 Å². The zero-order valence-electron chi connectivity index (χ0n) is 13.0. The Morgan fingerprint density at radius 2 is 2.05 bits per heavy atom. The van der Waals surface area contributed by atoms with Gasteiger partial charge in [0.1, 0.15) is 5.82 Å². The number of imidazole rings is 1. The van der Waals surface area contributed by atoms with E-state index >= 15 is 0 Å². The van der Waals surface area contributed by atoms with Crippen molar-refractivity contribution < 1.29 is 0 Å². The molecule has 0 unspecified atom stereocenters. The molecule has 1 saturated heterocycles. The molecule has 0 amide bonds. The highest BCUT2D eigenvalue weighted by molar-refractivity contribution is 6.17. The van der Waals surface area contributed by atoms with E-state index in [0.717, 1.165) is 30.2 Å².